The highest BCUT2D eigenvalue weighted by atomic mass is 35.5. The molecule has 25 heavy (non-hydrogen) atoms. The summed E-state index contributed by atoms with van der Waals surface area (Å²) in [6.07, 6.45) is 5.00. The Bertz CT molecular complexity index is 880. The van der Waals surface area contributed by atoms with E-state index in [-0.39, 0.29) is 11.8 Å². The smallest absolute Gasteiger partial charge is 0.182 e. The molecule has 1 heterocycles. The molecule has 0 aliphatic heterocycles. The Balaban J connectivity index is 1.45. The van der Waals surface area contributed by atoms with E-state index in [1.54, 1.807) is 0 Å². The van der Waals surface area contributed by atoms with Gasteiger partial charge in [0, 0.05) is 27.7 Å². The molecule has 1 atom stereocenters. The van der Waals surface area contributed by atoms with E-state index in [1.165, 1.54) is 5.56 Å². The number of benzene rings is 2. The largest absolute Gasteiger partial charge is 0.360 e. The second-order valence-electron chi connectivity index (χ2n) is 6.76. The van der Waals surface area contributed by atoms with Gasteiger partial charge in [0.05, 0.1) is 6.04 Å². The average Bonchev–Trinajstić information content (AvgIpc) is 3.38. The van der Waals surface area contributed by atoms with Crippen molar-refractivity contribution in [3.63, 3.8) is 0 Å². The summed E-state index contributed by atoms with van der Waals surface area (Å²) < 4.78 is 0. The lowest BCUT2D eigenvalue weighted by Crippen LogP contribution is -2.39. The predicted octanol–water partition coefficient (Wildman–Crippen LogP) is 4.61. The van der Waals surface area contributed by atoms with Crippen LogP contribution in [0.4, 0.5) is 0 Å². The van der Waals surface area contributed by atoms with E-state index in [1.807, 2.05) is 54.7 Å². The topological polar surface area (TPSA) is 44.9 Å². The quantitative estimate of drug-likeness (QED) is 0.610. The first-order valence-corrected chi connectivity index (χ1v) is 9.18. The van der Waals surface area contributed by atoms with Gasteiger partial charge in [0.25, 0.3) is 0 Å². The summed E-state index contributed by atoms with van der Waals surface area (Å²) in [6, 6.07) is 15.8. The number of fused-ring (bicyclic) bond motifs is 1. The normalized spacial score (nSPS) is 15.4. The Morgan fingerprint density at radius 2 is 1.92 bits per heavy atom. The van der Waals surface area contributed by atoms with Crippen molar-refractivity contribution in [1.82, 2.24) is 10.3 Å². The van der Waals surface area contributed by atoms with Crippen LogP contribution >= 0.6 is 11.6 Å². The minimum atomic E-state index is -0.0912. The highest BCUT2D eigenvalue weighted by Gasteiger charge is 2.36. The number of aromatic amines is 1. The van der Waals surface area contributed by atoms with Crippen molar-refractivity contribution >= 4 is 28.3 Å². The minimum Gasteiger partial charge on any atom is -0.360 e. The number of halogens is 1. The molecule has 1 aliphatic rings. The number of Topliss-reactive ketones (excluding diaryl/α,β-unsaturated/α-hetero) is 1. The third-order valence-corrected chi connectivity index (χ3v) is 5.17. The number of rotatable bonds is 7. The first-order valence-electron chi connectivity index (χ1n) is 8.80. The van der Waals surface area contributed by atoms with E-state index in [9.17, 15) is 4.79 Å². The van der Waals surface area contributed by atoms with Crippen molar-refractivity contribution < 1.29 is 4.79 Å². The Morgan fingerprint density at radius 1 is 1.16 bits per heavy atom. The molecule has 0 amide bonds. The van der Waals surface area contributed by atoms with Crippen LogP contribution in [0.1, 0.15) is 28.8 Å². The molecule has 1 aromatic heterocycles. The summed E-state index contributed by atoms with van der Waals surface area (Å²) in [5, 5.41) is 5.26. The van der Waals surface area contributed by atoms with Gasteiger partial charge >= 0.3 is 0 Å². The molecule has 4 rings (SSSR count). The number of para-hydroxylation sites is 1. The van der Waals surface area contributed by atoms with Crippen LogP contribution in [0.3, 0.4) is 0 Å². The Hall–Kier alpha value is -2.10. The van der Waals surface area contributed by atoms with Gasteiger partial charge in [-0.15, -0.1) is 0 Å². The molecule has 0 saturated heterocycles. The molecule has 1 saturated carbocycles. The Labute approximate surface area is 152 Å². The number of ketones is 1. The van der Waals surface area contributed by atoms with Crippen molar-refractivity contribution in [3.8, 4) is 0 Å². The summed E-state index contributed by atoms with van der Waals surface area (Å²) in [4.78, 5) is 16.3. The number of nitrogens with one attached hydrogen (secondary N) is 2. The van der Waals surface area contributed by atoms with Crippen LogP contribution in [0, 0.1) is 5.92 Å². The molecular formula is C21H21ClN2O. The summed E-state index contributed by atoms with van der Waals surface area (Å²) in [5.74, 6) is 0.669. The van der Waals surface area contributed by atoms with Gasteiger partial charge in [-0.05, 0) is 55.5 Å². The minimum absolute atomic E-state index is 0.0912. The molecular weight excluding hydrogens is 332 g/mol. The molecule has 1 fully saturated rings. The maximum absolute atomic E-state index is 13.1. The van der Waals surface area contributed by atoms with E-state index in [2.05, 4.69) is 10.3 Å². The fourth-order valence-corrected chi connectivity index (χ4v) is 3.49. The average molecular weight is 353 g/mol. The number of hydrogen-bond donors (Lipinski definition) is 2. The lowest BCUT2D eigenvalue weighted by atomic mass is 9.99. The van der Waals surface area contributed by atoms with Gasteiger partial charge in [-0.25, -0.2) is 0 Å². The standard InChI is InChI=1S/C21H21ClN2O/c22-16-9-5-14(6-10-16)11-12-23-20(15-7-8-15)21(25)18-13-24-19-4-2-1-3-17(18)19/h1-6,9-10,13,15,20,23-24H,7-8,11-12H2/t20-/m0/s1. The maximum Gasteiger partial charge on any atom is 0.182 e. The van der Waals surface area contributed by atoms with E-state index >= 15 is 0 Å². The maximum atomic E-state index is 13.1. The summed E-state index contributed by atoms with van der Waals surface area (Å²) in [6.45, 7) is 0.789. The van der Waals surface area contributed by atoms with Crippen molar-refractivity contribution in [2.75, 3.05) is 6.54 Å². The third kappa shape index (κ3) is 3.63. The second kappa shape index (κ2) is 7.03. The zero-order valence-corrected chi connectivity index (χ0v) is 14.7. The number of hydrogen-bond acceptors (Lipinski definition) is 2. The zero-order valence-electron chi connectivity index (χ0n) is 14.0. The fourth-order valence-electron chi connectivity index (χ4n) is 3.37. The SMILES string of the molecule is O=C(c1c[nH]c2ccccc12)[C@@H](NCCc1ccc(Cl)cc1)C1CC1. The van der Waals surface area contributed by atoms with E-state index in [0.29, 0.717) is 5.92 Å². The highest BCUT2D eigenvalue weighted by Crippen LogP contribution is 2.35. The highest BCUT2D eigenvalue weighted by molar-refractivity contribution is 6.30. The molecule has 1 aliphatic carbocycles. The second-order valence-corrected chi connectivity index (χ2v) is 7.19. The van der Waals surface area contributed by atoms with Crippen LogP contribution in [0.5, 0.6) is 0 Å². The van der Waals surface area contributed by atoms with Gasteiger partial charge in [-0.2, -0.15) is 0 Å². The molecule has 2 N–H and O–H groups in total. The summed E-state index contributed by atoms with van der Waals surface area (Å²) in [5.41, 5.74) is 3.04. The van der Waals surface area contributed by atoms with E-state index in [4.69, 9.17) is 11.6 Å². The lowest BCUT2D eigenvalue weighted by Gasteiger charge is -2.17. The van der Waals surface area contributed by atoms with Crippen LogP contribution in [0.2, 0.25) is 5.02 Å². The molecule has 0 bridgehead atoms. The first-order chi connectivity index (χ1) is 12.2. The van der Waals surface area contributed by atoms with Gasteiger partial charge in [-0.1, -0.05) is 41.9 Å². The van der Waals surface area contributed by atoms with Gasteiger partial charge in [-0.3, -0.25) is 4.79 Å². The zero-order chi connectivity index (χ0) is 17.2. The fraction of sp³-hybridized carbons (Fsp3) is 0.286. The third-order valence-electron chi connectivity index (χ3n) is 4.92. The number of aromatic nitrogens is 1. The van der Waals surface area contributed by atoms with Gasteiger partial charge in [0.2, 0.25) is 0 Å². The van der Waals surface area contributed by atoms with Gasteiger partial charge in [0.15, 0.2) is 5.78 Å². The Kier molecular flexibility index (Phi) is 4.60. The van der Waals surface area contributed by atoms with Crippen LogP contribution in [-0.2, 0) is 6.42 Å². The monoisotopic (exact) mass is 352 g/mol. The molecule has 3 nitrogen and oxygen atoms in total. The van der Waals surface area contributed by atoms with Crippen LogP contribution in [0.15, 0.2) is 54.7 Å². The van der Waals surface area contributed by atoms with Crippen LogP contribution < -0.4 is 5.32 Å². The number of carbonyl (C=O) groups excluding carboxylic acids is 1. The number of carbonyl (C=O) groups is 1. The first kappa shape index (κ1) is 16.4. The van der Waals surface area contributed by atoms with Gasteiger partial charge in [0.1, 0.15) is 0 Å². The molecule has 0 spiro atoms. The lowest BCUT2D eigenvalue weighted by molar-refractivity contribution is 0.0933. The van der Waals surface area contributed by atoms with E-state index in [0.717, 1.165) is 47.3 Å². The van der Waals surface area contributed by atoms with E-state index < -0.39 is 0 Å². The number of H-pyrrole nitrogens is 1. The molecule has 3 aromatic rings. The summed E-state index contributed by atoms with van der Waals surface area (Å²) in [7, 11) is 0. The molecule has 0 unspecified atom stereocenters. The van der Waals surface area contributed by atoms with Crippen molar-refractivity contribution in [3.05, 3.63) is 70.9 Å². The van der Waals surface area contributed by atoms with Crippen molar-refractivity contribution in [2.24, 2.45) is 5.92 Å². The summed E-state index contributed by atoms with van der Waals surface area (Å²) >= 11 is 5.93. The van der Waals surface area contributed by atoms with Gasteiger partial charge < -0.3 is 10.3 Å². The molecule has 2 aromatic carbocycles. The Morgan fingerprint density at radius 3 is 2.68 bits per heavy atom. The van der Waals surface area contributed by atoms with Crippen molar-refractivity contribution in [1.29, 1.82) is 0 Å². The molecule has 128 valence electrons. The molecule has 0 radical (unpaired) electrons. The molecule has 4 heteroatoms. The van der Waals surface area contributed by atoms with Crippen molar-refractivity contribution in [2.45, 2.75) is 25.3 Å². The van der Waals surface area contributed by atoms with Crippen LogP contribution in [0.25, 0.3) is 10.9 Å². The predicted molar refractivity (Wildman–Crippen MR) is 102 cm³/mol. The van der Waals surface area contributed by atoms with Crippen LogP contribution in [-0.4, -0.2) is 23.4 Å².